The summed E-state index contributed by atoms with van der Waals surface area (Å²) in [7, 11) is 0. The molecule has 2 aromatic heterocycles. The number of fused-ring (bicyclic) bond motifs is 2. The van der Waals surface area contributed by atoms with Crippen molar-refractivity contribution in [1.29, 1.82) is 0 Å². The third-order valence-electron chi connectivity index (χ3n) is 5.67. The van der Waals surface area contributed by atoms with Gasteiger partial charge in [-0.05, 0) is 29.7 Å². The van der Waals surface area contributed by atoms with E-state index in [2.05, 4.69) is 28.5 Å². The average Bonchev–Trinajstić information content (AvgIpc) is 3.12. The lowest BCUT2D eigenvalue weighted by Crippen LogP contribution is -2.37. The van der Waals surface area contributed by atoms with Crippen molar-refractivity contribution in [3.63, 3.8) is 0 Å². The van der Waals surface area contributed by atoms with Crippen molar-refractivity contribution in [3.05, 3.63) is 82.4 Å². The largest absolute Gasteiger partial charge is 0.333 e. The molecule has 1 N–H and O–H groups in total. The van der Waals surface area contributed by atoms with Crippen molar-refractivity contribution in [1.82, 2.24) is 25.0 Å². The molecule has 5 rings (SSSR count). The van der Waals surface area contributed by atoms with Crippen LogP contribution in [-0.2, 0) is 32.5 Å². The standard InChI is InChI=1S/C22H23N5O/c28-22(26-12-9-16-5-1-2-6-17(16)14-26)21-19-13-23-11-8-20(19)27(25-21)15-18-7-3-4-10-24-18/h1-7,10,23H,8-9,11-15H2. The third kappa shape index (κ3) is 3.10. The van der Waals surface area contributed by atoms with Gasteiger partial charge in [0.1, 0.15) is 0 Å². The van der Waals surface area contributed by atoms with E-state index in [1.165, 1.54) is 11.1 Å². The van der Waals surface area contributed by atoms with Crippen LogP contribution in [0.1, 0.15) is 38.6 Å². The molecule has 2 aliphatic heterocycles. The summed E-state index contributed by atoms with van der Waals surface area (Å²) in [5.74, 6) is 0.0363. The number of hydrogen-bond donors (Lipinski definition) is 1. The molecule has 3 aromatic rings. The van der Waals surface area contributed by atoms with Crippen LogP contribution in [0, 0.1) is 0 Å². The zero-order valence-corrected chi connectivity index (χ0v) is 15.8. The first-order chi connectivity index (χ1) is 13.8. The predicted octanol–water partition coefficient (Wildman–Crippen LogP) is 2.17. The second-order valence-corrected chi connectivity index (χ2v) is 7.42. The number of hydrogen-bond acceptors (Lipinski definition) is 4. The molecule has 1 amide bonds. The Kier molecular flexibility index (Phi) is 4.41. The molecule has 2 aliphatic rings. The first-order valence-corrected chi connectivity index (χ1v) is 9.85. The van der Waals surface area contributed by atoms with E-state index in [4.69, 9.17) is 5.10 Å². The smallest absolute Gasteiger partial charge is 0.275 e. The highest BCUT2D eigenvalue weighted by Crippen LogP contribution is 2.24. The molecule has 28 heavy (non-hydrogen) atoms. The van der Waals surface area contributed by atoms with Gasteiger partial charge in [0.05, 0.1) is 12.2 Å². The van der Waals surface area contributed by atoms with Crippen LogP contribution in [0.25, 0.3) is 0 Å². The lowest BCUT2D eigenvalue weighted by molar-refractivity contribution is 0.0726. The van der Waals surface area contributed by atoms with Gasteiger partial charge in [0.25, 0.3) is 5.91 Å². The van der Waals surface area contributed by atoms with Crippen molar-refractivity contribution in [2.75, 3.05) is 13.1 Å². The van der Waals surface area contributed by atoms with Crippen molar-refractivity contribution >= 4 is 5.91 Å². The van der Waals surface area contributed by atoms with E-state index in [1.54, 1.807) is 6.20 Å². The van der Waals surface area contributed by atoms with Crippen molar-refractivity contribution in [3.8, 4) is 0 Å². The first-order valence-electron chi connectivity index (χ1n) is 9.85. The number of nitrogens with one attached hydrogen (secondary N) is 1. The Morgan fingerprint density at radius 2 is 1.93 bits per heavy atom. The summed E-state index contributed by atoms with van der Waals surface area (Å²) >= 11 is 0. The van der Waals surface area contributed by atoms with Crippen LogP contribution in [-0.4, -0.2) is 38.7 Å². The Morgan fingerprint density at radius 3 is 2.79 bits per heavy atom. The van der Waals surface area contributed by atoms with Crippen LogP contribution in [0.4, 0.5) is 0 Å². The van der Waals surface area contributed by atoms with Crippen molar-refractivity contribution < 1.29 is 4.79 Å². The molecule has 1 aromatic carbocycles. The minimum atomic E-state index is 0.0363. The van der Waals surface area contributed by atoms with Gasteiger partial charge in [-0.2, -0.15) is 5.10 Å². The van der Waals surface area contributed by atoms with Gasteiger partial charge in [-0.25, -0.2) is 0 Å². The molecule has 6 heteroatoms. The summed E-state index contributed by atoms with van der Waals surface area (Å²) in [6.07, 6.45) is 3.58. The number of carbonyl (C=O) groups excluding carboxylic acids is 1. The normalized spacial score (nSPS) is 15.8. The lowest BCUT2D eigenvalue weighted by Gasteiger charge is -2.28. The number of nitrogens with zero attached hydrogens (tertiary/aromatic N) is 4. The molecule has 4 heterocycles. The fourth-order valence-electron chi connectivity index (χ4n) is 4.19. The molecule has 0 bridgehead atoms. The van der Waals surface area contributed by atoms with Crippen LogP contribution >= 0.6 is 0 Å². The van der Waals surface area contributed by atoms with Gasteiger partial charge in [0.2, 0.25) is 0 Å². The second-order valence-electron chi connectivity index (χ2n) is 7.42. The minimum absolute atomic E-state index is 0.0363. The maximum atomic E-state index is 13.4. The zero-order chi connectivity index (χ0) is 18.9. The number of pyridine rings is 1. The highest BCUT2D eigenvalue weighted by molar-refractivity contribution is 5.94. The van der Waals surface area contributed by atoms with Crippen LogP contribution in [0.5, 0.6) is 0 Å². The molecular weight excluding hydrogens is 350 g/mol. The van der Waals surface area contributed by atoms with Gasteiger partial charge in [0, 0.05) is 50.1 Å². The molecule has 0 atom stereocenters. The van der Waals surface area contributed by atoms with E-state index in [1.807, 2.05) is 33.8 Å². The number of amides is 1. The summed E-state index contributed by atoms with van der Waals surface area (Å²) < 4.78 is 1.98. The fourth-order valence-corrected chi connectivity index (χ4v) is 4.19. The monoisotopic (exact) mass is 373 g/mol. The Balaban J connectivity index is 1.46. The Labute approximate surface area is 164 Å². The van der Waals surface area contributed by atoms with Gasteiger partial charge in [-0.1, -0.05) is 30.3 Å². The van der Waals surface area contributed by atoms with E-state index in [9.17, 15) is 4.79 Å². The van der Waals surface area contributed by atoms with Crippen LogP contribution in [0.15, 0.2) is 48.7 Å². The van der Waals surface area contributed by atoms with Gasteiger partial charge in [-0.3, -0.25) is 14.5 Å². The van der Waals surface area contributed by atoms with Crippen LogP contribution in [0.3, 0.4) is 0 Å². The molecular formula is C22H23N5O. The maximum absolute atomic E-state index is 13.4. The van der Waals surface area contributed by atoms with Gasteiger partial charge < -0.3 is 10.2 Å². The summed E-state index contributed by atoms with van der Waals surface area (Å²) in [6, 6.07) is 14.3. The Hall–Kier alpha value is -2.99. The SMILES string of the molecule is O=C(c1nn(Cc2ccccn2)c2c1CNCC2)N1CCc2ccccc2C1. The van der Waals surface area contributed by atoms with Crippen LogP contribution in [0.2, 0.25) is 0 Å². The number of rotatable bonds is 3. The molecule has 142 valence electrons. The van der Waals surface area contributed by atoms with Gasteiger partial charge in [0.15, 0.2) is 5.69 Å². The topological polar surface area (TPSA) is 63.1 Å². The molecule has 0 spiro atoms. The van der Waals surface area contributed by atoms with E-state index >= 15 is 0 Å². The quantitative estimate of drug-likeness (QED) is 0.764. The predicted molar refractivity (Wildman–Crippen MR) is 106 cm³/mol. The third-order valence-corrected chi connectivity index (χ3v) is 5.67. The summed E-state index contributed by atoms with van der Waals surface area (Å²) in [5.41, 5.74) is 6.34. The van der Waals surface area contributed by atoms with Gasteiger partial charge >= 0.3 is 0 Å². The van der Waals surface area contributed by atoms with Crippen molar-refractivity contribution in [2.45, 2.75) is 32.5 Å². The van der Waals surface area contributed by atoms with E-state index in [0.717, 1.165) is 42.9 Å². The van der Waals surface area contributed by atoms with Gasteiger partial charge in [-0.15, -0.1) is 0 Å². The summed E-state index contributed by atoms with van der Waals surface area (Å²) in [4.78, 5) is 19.7. The molecule has 0 saturated heterocycles. The Morgan fingerprint density at radius 1 is 1.07 bits per heavy atom. The lowest BCUT2D eigenvalue weighted by atomic mass is 9.99. The maximum Gasteiger partial charge on any atom is 0.275 e. The highest BCUT2D eigenvalue weighted by Gasteiger charge is 2.29. The minimum Gasteiger partial charge on any atom is -0.333 e. The Bertz CT molecular complexity index is 1010. The zero-order valence-electron chi connectivity index (χ0n) is 15.8. The molecule has 6 nitrogen and oxygen atoms in total. The average molecular weight is 373 g/mol. The molecule has 0 fully saturated rings. The van der Waals surface area contributed by atoms with Crippen LogP contribution < -0.4 is 5.32 Å². The second kappa shape index (κ2) is 7.20. The molecule has 0 aliphatic carbocycles. The number of aromatic nitrogens is 3. The molecule has 0 unspecified atom stereocenters. The fraction of sp³-hybridized carbons (Fsp3) is 0.318. The first kappa shape index (κ1) is 17.1. The summed E-state index contributed by atoms with van der Waals surface area (Å²) in [6.45, 7) is 3.60. The summed E-state index contributed by atoms with van der Waals surface area (Å²) in [5, 5.41) is 8.16. The highest BCUT2D eigenvalue weighted by atomic mass is 16.2. The van der Waals surface area contributed by atoms with E-state index < -0.39 is 0 Å². The van der Waals surface area contributed by atoms with E-state index in [0.29, 0.717) is 25.3 Å². The van der Waals surface area contributed by atoms with Crippen molar-refractivity contribution in [2.24, 2.45) is 0 Å². The van der Waals surface area contributed by atoms with E-state index in [-0.39, 0.29) is 5.91 Å². The molecule has 0 radical (unpaired) electrons. The molecule has 0 saturated carbocycles. The number of carbonyl (C=O) groups is 1. The number of benzene rings is 1.